The van der Waals surface area contributed by atoms with E-state index < -0.39 is 0 Å². The molecule has 0 unspecified atom stereocenters. The van der Waals surface area contributed by atoms with E-state index in [1.807, 2.05) is 24.3 Å². The molecule has 1 N–H and O–H groups in total. The molecule has 0 aromatic heterocycles. The third-order valence-electron chi connectivity index (χ3n) is 2.77. The van der Waals surface area contributed by atoms with Gasteiger partial charge >= 0.3 is 0 Å². The molecule has 0 spiro atoms. The molecule has 0 bridgehead atoms. The fraction of sp³-hybridized carbons (Fsp3) is 0.250. The van der Waals surface area contributed by atoms with Gasteiger partial charge < -0.3 is 10.1 Å². The Morgan fingerprint density at radius 2 is 1.84 bits per heavy atom. The number of hydrogen-bond donors (Lipinski definition) is 1. The van der Waals surface area contributed by atoms with Crippen molar-refractivity contribution < 1.29 is 4.74 Å². The Morgan fingerprint density at radius 1 is 1.05 bits per heavy atom. The highest BCUT2D eigenvalue weighted by Crippen LogP contribution is 2.18. The van der Waals surface area contributed by atoms with Gasteiger partial charge in [0.05, 0.1) is 0 Å². The van der Waals surface area contributed by atoms with Crippen molar-refractivity contribution in [2.45, 2.75) is 20.1 Å². The van der Waals surface area contributed by atoms with Crippen LogP contribution >= 0.6 is 11.6 Å². The van der Waals surface area contributed by atoms with E-state index in [1.165, 1.54) is 5.56 Å². The average Bonchev–Trinajstić information content (AvgIpc) is 2.43. The zero-order chi connectivity index (χ0) is 13.5. The minimum atomic E-state index is 0.556. The molecule has 2 aromatic carbocycles. The number of hydrogen-bond acceptors (Lipinski definition) is 2. The summed E-state index contributed by atoms with van der Waals surface area (Å²) in [5.41, 5.74) is 2.43. The zero-order valence-corrected chi connectivity index (χ0v) is 11.8. The van der Waals surface area contributed by atoms with E-state index in [2.05, 4.69) is 36.5 Å². The van der Waals surface area contributed by atoms with Gasteiger partial charge in [0.15, 0.2) is 0 Å². The molecule has 2 rings (SSSR count). The van der Waals surface area contributed by atoms with E-state index in [9.17, 15) is 0 Å². The molecule has 3 heteroatoms. The molecule has 0 amide bonds. The fourth-order valence-electron chi connectivity index (χ4n) is 1.82. The predicted octanol–water partition coefficient (Wildman–Crippen LogP) is 4.03. The van der Waals surface area contributed by atoms with E-state index in [0.717, 1.165) is 24.4 Å². The monoisotopic (exact) mass is 275 g/mol. The van der Waals surface area contributed by atoms with Crippen LogP contribution in [0.25, 0.3) is 0 Å². The maximum atomic E-state index is 5.92. The summed E-state index contributed by atoms with van der Waals surface area (Å²) in [5, 5.41) is 4.01. The first-order valence-corrected chi connectivity index (χ1v) is 6.82. The van der Waals surface area contributed by atoms with E-state index in [0.29, 0.717) is 11.6 Å². The smallest absolute Gasteiger partial charge is 0.121 e. The summed E-state index contributed by atoms with van der Waals surface area (Å²) in [6, 6.07) is 15.9. The van der Waals surface area contributed by atoms with E-state index in [1.54, 1.807) is 0 Å². The quantitative estimate of drug-likeness (QED) is 0.859. The summed E-state index contributed by atoms with van der Waals surface area (Å²) >= 11 is 5.92. The lowest BCUT2D eigenvalue weighted by molar-refractivity contribution is 0.306. The van der Waals surface area contributed by atoms with Gasteiger partial charge in [-0.1, -0.05) is 48.9 Å². The van der Waals surface area contributed by atoms with Crippen molar-refractivity contribution in [1.29, 1.82) is 0 Å². The highest BCUT2D eigenvalue weighted by Gasteiger charge is 1.99. The van der Waals surface area contributed by atoms with Crippen LogP contribution in [-0.4, -0.2) is 6.54 Å². The molecule has 2 aromatic rings. The van der Waals surface area contributed by atoms with Crippen molar-refractivity contribution >= 4 is 11.6 Å². The minimum absolute atomic E-state index is 0.556. The molecular formula is C16H18ClNO. The van der Waals surface area contributed by atoms with Gasteiger partial charge in [-0.15, -0.1) is 0 Å². The minimum Gasteiger partial charge on any atom is -0.489 e. The molecular weight excluding hydrogens is 258 g/mol. The van der Waals surface area contributed by atoms with Crippen molar-refractivity contribution in [2.24, 2.45) is 0 Å². The molecule has 0 aliphatic carbocycles. The highest BCUT2D eigenvalue weighted by molar-refractivity contribution is 6.30. The number of rotatable bonds is 6. The first kappa shape index (κ1) is 13.9. The van der Waals surface area contributed by atoms with Crippen LogP contribution in [0.15, 0.2) is 48.5 Å². The Kier molecular flexibility index (Phi) is 5.25. The van der Waals surface area contributed by atoms with Crippen LogP contribution in [0.2, 0.25) is 5.02 Å². The molecule has 0 saturated heterocycles. The molecule has 0 aliphatic rings. The largest absolute Gasteiger partial charge is 0.489 e. The van der Waals surface area contributed by atoms with E-state index in [4.69, 9.17) is 16.3 Å². The second-order valence-corrected chi connectivity index (χ2v) is 4.78. The lowest BCUT2D eigenvalue weighted by Crippen LogP contribution is -2.11. The van der Waals surface area contributed by atoms with Crippen molar-refractivity contribution in [3.05, 3.63) is 64.7 Å². The van der Waals surface area contributed by atoms with Gasteiger partial charge in [-0.05, 0) is 35.9 Å². The van der Waals surface area contributed by atoms with Gasteiger partial charge in [0, 0.05) is 11.6 Å². The van der Waals surface area contributed by atoms with Crippen molar-refractivity contribution in [3.8, 4) is 5.75 Å². The van der Waals surface area contributed by atoms with E-state index in [-0.39, 0.29) is 0 Å². The summed E-state index contributed by atoms with van der Waals surface area (Å²) < 4.78 is 5.73. The Balaban J connectivity index is 1.95. The van der Waals surface area contributed by atoms with Gasteiger partial charge in [-0.2, -0.15) is 0 Å². The number of halogens is 1. The third kappa shape index (κ3) is 4.58. The molecule has 0 fully saturated rings. The molecule has 2 nitrogen and oxygen atoms in total. The van der Waals surface area contributed by atoms with Gasteiger partial charge in [-0.3, -0.25) is 0 Å². The second kappa shape index (κ2) is 7.17. The van der Waals surface area contributed by atoms with Crippen LogP contribution in [0.3, 0.4) is 0 Å². The summed E-state index contributed by atoms with van der Waals surface area (Å²) in [5.74, 6) is 0.796. The maximum Gasteiger partial charge on any atom is 0.121 e. The first-order valence-electron chi connectivity index (χ1n) is 6.45. The van der Waals surface area contributed by atoms with Crippen LogP contribution in [0, 0.1) is 0 Å². The van der Waals surface area contributed by atoms with Gasteiger partial charge in [0.1, 0.15) is 12.4 Å². The Labute approximate surface area is 119 Å². The van der Waals surface area contributed by atoms with Crippen LogP contribution in [0.1, 0.15) is 18.1 Å². The molecule has 0 heterocycles. The summed E-state index contributed by atoms with van der Waals surface area (Å²) in [4.78, 5) is 0. The standard InChI is InChI=1S/C16H18ClNO/c1-2-18-11-13-5-3-6-14(9-13)12-19-16-8-4-7-15(17)10-16/h3-10,18H,2,11-12H2,1H3. The number of benzene rings is 2. The molecule has 0 atom stereocenters. The van der Waals surface area contributed by atoms with Crippen molar-refractivity contribution in [1.82, 2.24) is 5.32 Å². The molecule has 19 heavy (non-hydrogen) atoms. The summed E-state index contributed by atoms with van der Waals surface area (Å²) in [6.07, 6.45) is 0. The molecule has 100 valence electrons. The normalized spacial score (nSPS) is 10.4. The van der Waals surface area contributed by atoms with Crippen LogP contribution < -0.4 is 10.1 Å². The number of nitrogens with one attached hydrogen (secondary N) is 1. The number of ether oxygens (including phenoxy) is 1. The van der Waals surface area contributed by atoms with Gasteiger partial charge in [0.25, 0.3) is 0 Å². The Morgan fingerprint density at radius 3 is 2.63 bits per heavy atom. The molecule has 0 saturated carbocycles. The zero-order valence-electron chi connectivity index (χ0n) is 11.0. The van der Waals surface area contributed by atoms with Crippen LogP contribution in [0.5, 0.6) is 5.75 Å². The average molecular weight is 276 g/mol. The second-order valence-electron chi connectivity index (χ2n) is 4.35. The van der Waals surface area contributed by atoms with Crippen LogP contribution in [0.4, 0.5) is 0 Å². The van der Waals surface area contributed by atoms with Gasteiger partial charge in [0.2, 0.25) is 0 Å². The van der Waals surface area contributed by atoms with Crippen molar-refractivity contribution in [2.75, 3.05) is 6.54 Å². The molecule has 0 aliphatic heterocycles. The fourth-order valence-corrected chi connectivity index (χ4v) is 2.00. The Bertz CT molecular complexity index is 528. The highest BCUT2D eigenvalue weighted by atomic mass is 35.5. The SMILES string of the molecule is CCNCc1cccc(COc2cccc(Cl)c2)c1. The topological polar surface area (TPSA) is 21.3 Å². The lowest BCUT2D eigenvalue weighted by Gasteiger charge is -2.08. The predicted molar refractivity (Wildman–Crippen MR) is 79.6 cm³/mol. The van der Waals surface area contributed by atoms with Gasteiger partial charge in [-0.25, -0.2) is 0 Å². The third-order valence-corrected chi connectivity index (χ3v) is 3.01. The van der Waals surface area contributed by atoms with Crippen LogP contribution in [-0.2, 0) is 13.2 Å². The molecule has 0 radical (unpaired) electrons. The van der Waals surface area contributed by atoms with E-state index >= 15 is 0 Å². The summed E-state index contributed by atoms with van der Waals surface area (Å²) in [6.45, 7) is 4.52. The lowest BCUT2D eigenvalue weighted by atomic mass is 10.1. The maximum absolute atomic E-state index is 5.92. The Hall–Kier alpha value is -1.51. The first-order chi connectivity index (χ1) is 9.28. The summed E-state index contributed by atoms with van der Waals surface area (Å²) in [7, 11) is 0. The van der Waals surface area contributed by atoms with Crippen molar-refractivity contribution in [3.63, 3.8) is 0 Å².